The van der Waals surface area contributed by atoms with E-state index in [0.29, 0.717) is 33.4 Å². The van der Waals surface area contributed by atoms with E-state index in [1.807, 2.05) is 6.92 Å². The molecule has 11 heteroatoms. The summed E-state index contributed by atoms with van der Waals surface area (Å²) in [4.78, 5) is 27.7. The van der Waals surface area contributed by atoms with Gasteiger partial charge in [-0.3, -0.25) is 14.5 Å². The summed E-state index contributed by atoms with van der Waals surface area (Å²) in [5.41, 5.74) is 1.72. The Bertz CT molecular complexity index is 1580. The molecule has 0 spiro atoms. The molecule has 2 aromatic carbocycles. The zero-order valence-electron chi connectivity index (χ0n) is 20.0. The van der Waals surface area contributed by atoms with Gasteiger partial charge in [-0.2, -0.15) is 0 Å². The van der Waals surface area contributed by atoms with Crippen molar-refractivity contribution >= 4 is 45.7 Å². The minimum absolute atomic E-state index is 0.0129. The summed E-state index contributed by atoms with van der Waals surface area (Å²) in [5, 5.41) is 19.8. The van der Waals surface area contributed by atoms with Crippen LogP contribution in [0.15, 0.2) is 75.2 Å². The highest BCUT2D eigenvalue weighted by Gasteiger charge is 2.49. The Kier molecular flexibility index (Phi) is 6.24. The lowest BCUT2D eigenvalue weighted by molar-refractivity contribution is -0.132. The smallest absolute Gasteiger partial charge is 0.302 e. The fraction of sp³-hybridized carbons (Fsp3) is 0.185. The Morgan fingerprint density at radius 1 is 1.18 bits per heavy atom. The second-order valence-electron chi connectivity index (χ2n) is 8.87. The van der Waals surface area contributed by atoms with Crippen LogP contribution in [-0.2, 0) is 21.8 Å². The van der Waals surface area contributed by atoms with E-state index in [2.05, 4.69) is 10.2 Å². The average Bonchev–Trinajstić information content (AvgIpc) is 3.70. The third-order valence-electron chi connectivity index (χ3n) is 6.34. The van der Waals surface area contributed by atoms with Crippen molar-refractivity contribution in [1.82, 2.24) is 10.2 Å². The van der Waals surface area contributed by atoms with Gasteiger partial charge in [0, 0.05) is 17.7 Å². The first-order valence-electron chi connectivity index (χ1n) is 11.7. The van der Waals surface area contributed by atoms with Crippen LogP contribution in [0.25, 0.3) is 5.76 Å². The van der Waals surface area contributed by atoms with E-state index in [4.69, 9.17) is 9.15 Å². The summed E-state index contributed by atoms with van der Waals surface area (Å²) < 4.78 is 25.8. The molecule has 1 saturated heterocycles. The second kappa shape index (κ2) is 9.73. The number of aromatic nitrogens is 2. The van der Waals surface area contributed by atoms with Gasteiger partial charge in [-0.25, -0.2) is 4.39 Å². The second-order valence-corrected chi connectivity index (χ2v) is 11.0. The molecule has 2 unspecified atom stereocenters. The number of aliphatic hydroxyl groups excluding tert-OH is 1. The summed E-state index contributed by atoms with van der Waals surface area (Å²) in [6.07, 6.45) is 2.11. The highest BCUT2D eigenvalue weighted by atomic mass is 32.2. The highest BCUT2D eigenvalue weighted by molar-refractivity contribution is 8.00. The number of thioether (sulfide) groups is 1. The van der Waals surface area contributed by atoms with Gasteiger partial charge in [0.2, 0.25) is 5.13 Å². The number of aliphatic hydroxyl groups is 1. The summed E-state index contributed by atoms with van der Waals surface area (Å²) in [6.45, 7) is 1.95. The van der Waals surface area contributed by atoms with Crippen molar-refractivity contribution in [1.29, 1.82) is 0 Å². The first kappa shape index (κ1) is 24.4. The lowest BCUT2D eigenvalue weighted by Gasteiger charge is -2.20. The van der Waals surface area contributed by atoms with E-state index >= 15 is 0 Å². The molecular formula is C27H20FN3O5S2. The van der Waals surface area contributed by atoms with Gasteiger partial charge in [-0.15, -0.1) is 10.2 Å². The number of carbonyl (C=O) groups excluding carboxylic acids is 2. The fourth-order valence-corrected chi connectivity index (χ4v) is 6.44. The van der Waals surface area contributed by atoms with Crippen LogP contribution in [0.4, 0.5) is 9.52 Å². The number of rotatable bonds is 6. The van der Waals surface area contributed by atoms with Crippen LogP contribution < -0.4 is 9.64 Å². The molecule has 2 atom stereocenters. The average molecular weight is 550 g/mol. The predicted molar refractivity (Wildman–Crippen MR) is 140 cm³/mol. The normalized spacial score (nSPS) is 20.1. The Labute approximate surface area is 224 Å². The number of benzene rings is 2. The van der Waals surface area contributed by atoms with Crippen LogP contribution in [0.5, 0.6) is 5.75 Å². The molecule has 0 saturated carbocycles. The van der Waals surface area contributed by atoms with Gasteiger partial charge in [0.15, 0.2) is 4.34 Å². The maximum Gasteiger partial charge on any atom is 0.302 e. The van der Waals surface area contributed by atoms with Gasteiger partial charge in [-0.05, 0) is 54.4 Å². The summed E-state index contributed by atoms with van der Waals surface area (Å²) in [7, 11) is 0. The van der Waals surface area contributed by atoms with Gasteiger partial charge in [0.1, 0.15) is 35.2 Å². The molecule has 38 heavy (non-hydrogen) atoms. The first-order valence-corrected chi connectivity index (χ1v) is 13.5. The SMILES string of the molecule is CC1Cc2cc(/C(O)=C3\C(=O)C(=O)N(c4nnc(SCc5ccccc5F)s4)C3c3ccco3)ccc2O1. The van der Waals surface area contributed by atoms with Gasteiger partial charge < -0.3 is 14.3 Å². The monoisotopic (exact) mass is 549 g/mol. The predicted octanol–water partition coefficient (Wildman–Crippen LogP) is 5.51. The zero-order valence-corrected chi connectivity index (χ0v) is 21.6. The Hall–Kier alpha value is -3.96. The summed E-state index contributed by atoms with van der Waals surface area (Å²) in [5.74, 6) is -1.000. The number of amides is 1. The number of ether oxygens (including phenoxy) is 1. The lowest BCUT2D eigenvalue weighted by atomic mass is 9.97. The number of Topliss-reactive ketones (excluding diaryl/α,β-unsaturated/α-hetero) is 1. The highest BCUT2D eigenvalue weighted by Crippen LogP contribution is 2.44. The van der Waals surface area contributed by atoms with Crippen LogP contribution in [-0.4, -0.2) is 33.1 Å². The van der Waals surface area contributed by atoms with Crippen LogP contribution >= 0.6 is 23.1 Å². The molecular weight excluding hydrogens is 529 g/mol. The first-order chi connectivity index (χ1) is 18.4. The summed E-state index contributed by atoms with van der Waals surface area (Å²) >= 11 is 2.37. The third-order valence-corrected chi connectivity index (χ3v) is 8.44. The van der Waals surface area contributed by atoms with Gasteiger partial charge in [0.05, 0.1) is 11.8 Å². The van der Waals surface area contributed by atoms with Crippen molar-refractivity contribution in [3.63, 3.8) is 0 Å². The number of furan rings is 1. The molecule has 4 aromatic rings. The third kappa shape index (κ3) is 4.27. The molecule has 2 aliphatic heterocycles. The molecule has 2 aliphatic rings. The number of hydrogen-bond acceptors (Lipinski definition) is 9. The number of ketones is 1. The van der Waals surface area contributed by atoms with E-state index < -0.39 is 17.7 Å². The minimum Gasteiger partial charge on any atom is -0.507 e. The molecule has 0 radical (unpaired) electrons. The quantitative estimate of drug-likeness (QED) is 0.110. The standard InChI is InChI=1S/C27H20FN3O5S2/c1-14-11-17-12-15(8-9-19(17)36-14)23(32)21-22(20-7-4-10-35-20)31(25(34)24(21)33)26-29-30-27(38-26)37-13-16-5-2-3-6-18(16)28/h2-10,12,14,22,32H,11,13H2,1H3/b23-21+. The van der Waals surface area contributed by atoms with Crippen molar-refractivity contribution in [3.8, 4) is 5.75 Å². The molecule has 192 valence electrons. The van der Waals surface area contributed by atoms with Crippen molar-refractivity contribution in [2.24, 2.45) is 0 Å². The van der Waals surface area contributed by atoms with Gasteiger partial charge in [0.25, 0.3) is 5.78 Å². The number of nitrogens with zero attached hydrogens (tertiary/aromatic N) is 3. The van der Waals surface area contributed by atoms with Crippen LogP contribution in [0.1, 0.15) is 35.4 Å². The number of carbonyl (C=O) groups is 2. The minimum atomic E-state index is -1.04. The van der Waals surface area contributed by atoms with Gasteiger partial charge >= 0.3 is 5.91 Å². The topological polar surface area (TPSA) is 106 Å². The van der Waals surface area contributed by atoms with E-state index in [1.165, 1.54) is 29.0 Å². The maximum atomic E-state index is 14.0. The number of halogens is 1. The lowest BCUT2D eigenvalue weighted by Crippen LogP contribution is -2.29. The molecule has 1 N–H and O–H groups in total. The fourth-order valence-electron chi connectivity index (χ4n) is 4.58. The molecule has 0 aliphatic carbocycles. The molecule has 8 nitrogen and oxygen atoms in total. The van der Waals surface area contributed by atoms with E-state index in [-0.39, 0.29) is 28.4 Å². The molecule has 1 fully saturated rings. The van der Waals surface area contributed by atoms with Crippen molar-refractivity contribution in [2.45, 2.75) is 35.6 Å². The van der Waals surface area contributed by atoms with Gasteiger partial charge in [-0.1, -0.05) is 41.3 Å². The van der Waals surface area contributed by atoms with E-state index in [9.17, 15) is 19.1 Å². The van der Waals surface area contributed by atoms with E-state index in [1.54, 1.807) is 48.5 Å². The van der Waals surface area contributed by atoms with Crippen molar-refractivity contribution in [3.05, 3.63) is 94.7 Å². The van der Waals surface area contributed by atoms with E-state index in [0.717, 1.165) is 22.6 Å². The molecule has 0 bridgehead atoms. The Balaban J connectivity index is 1.36. The Morgan fingerprint density at radius 3 is 2.82 bits per heavy atom. The number of anilines is 1. The molecule has 4 heterocycles. The van der Waals surface area contributed by atoms with Crippen LogP contribution in [0.3, 0.4) is 0 Å². The molecule has 6 rings (SSSR count). The summed E-state index contributed by atoms with van der Waals surface area (Å²) in [6, 6.07) is 13.8. The number of fused-ring (bicyclic) bond motifs is 1. The van der Waals surface area contributed by atoms with Crippen LogP contribution in [0.2, 0.25) is 0 Å². The molecule has 1 amide bonds. The maximum absolute atomic E-state index is 14.0. The zero-order chi connectivity index (χ0) is 26.4. The Morgan fingerprint density at radius 2 is 2.03 bits per heavy atom. The molecule has 2 aromatic heterocycles. The van der Waals surface area contributed by atoms with Crippen molar-refractivity contribution < 1.29 is 28.2 Å². The largest absolute Gasteiger partial charge is 0.507 e. The van der Waals surface area contributed by atoms with Crippen LogP contribution in [0, 0.1) is 5.82 Å². The number of hydrogen-bond donors (Lipinski definition) is 1. The van der Waals surface area contributed by atoms with Crippen molar-refractivity contribution in [2.75, 3.05) is 4.90 Å².